The lowest BCUT2D eigenvalue weighted by molar-refractivity contribution is -0.124. The first-order valence-electron chi connectivity index (χ1n) is 7.36. The van der Waals surface area contributed by atoms with E-state index in [1.54, 1.807) is 7.11 Å². The highest BCUT2D eigenvalue weighted by Crippen LogP contribution is 2.11. The van der Waals surface area contributed by atoms with Crippen LogP contribution in [-0.4, -0.2) is 38.8 Å². The lowest BCUT2D eigenvalue weighted by atomic mass is 10.2. The molecule has 0 aliphatic rings. The van der Waals surface area contributed by atoms with Crippen molar-refractivity contribution in [1.29, 1.82) is 0 Å². The molecule has 0 spiro atoms. The molecule has 0 bridgehead atoms. The minimum Gasteiger partial charge on any atom is -0.484 e. The Morgan fingerprint density at radius 3 is 2.62 bits per heavy atom. The molecule has 1 aromatic rings. The Bertz CT molecular complexity index is 406. The predicted molar refractivity (Wildman–Crippen MR) is 83.4 cm³/mol. The zero-order valence-corrected chi connectivity index (χ0v) is 13.1. The van der Waals surface area contributed by atoms with Gasteiger partial charge in [0.1, 0.15) is 5.75 Å². The Balaban J connectivity index is 2.30. The fourth-order valence-corrected chi connectivity index (χ4v) is 1.87. The van der Waals surface area contributed by atoms with Crippen molar-refractivity contribution in [1.82, 2.24) is 10.6 Å². The van der Waals surface area contributed by atoms with Crippen LogP contribution in [0, 0.1) is 0 Å². The third-order valence-electron chi connectivity index (χ3n) is 2.87. The number of benzene rings is 1. The van der Waals surface area contributed by atoms with Gasteiger partial charge in [-0.3, -0.25) is 4.79 Å². The number of amides is 1. The largest absolute Gasteiger partial charge is 0.484 e. The molecule has 1 amide bonds. The number of carbonyl (C=O) groups excluding carboxylic acids is 1. The summed E-state index contributed by atoms with van der Waals surface area (Å²) in [5.41, 5.74) is 1.20. The van der Waals surface area contributed by atoms with E-state index in [0.717, 1.165) is 19.5 Å². The number of nitrogens with one attached hydrogen (secondary N) is 2. The van der Waals surface area contributed by atoms with E-state index in [0.29, 0.717) is 12.4 Å². The smallest absolute Gasteiger partial charge is 0.258 e. The van der Waals surface area contributed by atoms with Gasteiger partial charge in [-0.2, -0.15) is 0 Å². The Labute approximate surface area is 127 Å². The maximum Gasteiger partial charge on any atom is 0.258 e. The maximum atomic E-state index is 11.6. The van der Waals surface area contributed by atoms with Gasteiger partial charge in [-0.05, 0) is 37.6 Å². The number of carbonyl (C=O) groups is 1. The molecule has 1 rings (SSSR count). The number of hydrogen-bond acceptors (Lipinski definition) is 4. The predicted octanol–water partition coefficient (Wildman–Crippen LogP) is 1.72. The molecule has 1 unspecified atom stereocenters. The number of ether oxygens (including phenoxy) is 2. The van der Waals surface area contributed by atoms with Crippen molar-refractivity contribution in [2.75, 3.05) is 26.9 Å². The van der Waals surface area contributed by atoms with Gasteiger partial charge in [0.05, 0.1) is 6.61 Å². The van der Waals surface area contributed by atoms with Crippen molar-refractivity contribution >= 4 is 5.91 Å². The highest BCUT2D eigenvalue weighted by Gasteiger charge is 2.07. The third kappa shape index (κ3) is 7.68. The van der Waals surface area contributed by atoms with Crippen LogP contribution in [0.4, 0.5) is 0 Å². The molecule has 0 aromatic heterocycles. The highest BCUT2D eigenvalue weighted by molar-refractivity contribution is 5.77. The van der Waals surface area contributed by atoms with Crippen molar-refractivity contribution in [3.05, 3.63) is 29.8 Å². The Kier molecular flexibility index (Phi) is 8.47. The quantitative estimate of drug-likeness (QED) is 0.645. The highest BCUT2D eigenvalue weighted by atomic mass is 16.5. The van der Waals surface area contributed by atoms with E-state index in [1.807, 2.05) is 31.2 Å². The summed E-state index contributed by atoms with van der Waals surface area (Å²) in [6.45, 7) is 6.40. The van der Waals surface area contributed by atoms with Crippen LogP contribution in [0.15, 0.2) is 24.3 Å². The van der Waals surface area contributed by atoms with Gasteiger partial charge in [0.2, 0.25) is 0 Å². The zero-order valence-electron chi connectivity index (χ0n) is 13.1. The van der Waals surface area contributed by atoms with Crippen molar-refractivity contribution in [3.8, 4) is 5.75 Å². The van der Waals surface area contributed by atoms with E-state index in [9.17, 15) is 4.79 Å². The van der Waals surface area contributed by atoms with Gasteiger partial charge in [-0.15, -0.1) is 0 Å². The summed E-state index contributed by atoms with van der Waals surface area (Å²) < 4.78 is 10.4. The molecule has 1 atom stereocenters. The molecule has 0 aliphatic heterocycles. The van der Waals surface area contributed by atoms with Gasteiger partial charge in [-0.1, -0.05) is 19.1 Å². The monoisotopic (exact) mass is 294 g/mol. The fourth-order valence-electron chi connectivity index (χ4n) is 1.87. The number of rotatable bonds is 10. The van der Waals surface area contributed by atoms with Crippen LogP contribution in [0.1, 0.15) is 25.8 Å². The van der Waals surface area contributed by atoms with Gasteiger partial charge < -0.3 is 20.1 Å². The Morgan fingerprint density at radius 1 is 1.29 bits per heavy atom. The average molecular weight is 294 g/mol. The molecule has 0 aliphatic carbocycles. The molecule has 0 fully saturated rings. The standard InChI is InChI=1S/C16H26N2O3/c1-4-9-17-10-14-5-7-15(8-6-14)21-12-16(19)18-13(2)11-20-3/h5-8,13,17H,4,9-12H2,1-3H3,(H,18,19). The molecular formula is C16H26N2O3. The molecule has 1 aromatic carbocycles. The SMILES string of the molecule is CCCNCc1ccc(OCC(=O)NC(C)COC)cc1. The second-order valence-electron chi connectivity index (χ2n) is 5.03. The Morgan fingerprint density at radius 2 is 2.00 bits per heavy atom. The van der Waals surface area contributed by atoms with Gasteiger partial charge in [0.15, 0.2) is 6.61 Å². The molecule has 21 heavy (non-hydrogen) atoms. The van der Waals surface area contributed by atoms with E-state index >= 15 is 0 Å². The second-order valence-corrected chi connectivity index (χ2v) is 5.03. The molecule has 5 heteroatoms. The fraction of sp³-hybridized carbons (Fsp3) is 0.562. The van der Waals surface area contributed by atoms with E-state index < -0.39 is 0 Å². The van der Waals surface area contributed by atoms with Gasteiger partial charge in [0.25, 0.3) is 5.91 Å². The van der Waals surface area contributed by atoms with E-state index in [2.05, 4.69) is 17.6 Å². The molecule has 0 saturated carbocycles. The lowest BCUT2D eigenvalue weighted by Crippen LogP contribution is -2.38. The van der Waals surface area contributed by atoms with Crippen LogP contribution >= 0.6 is 0 Å². The van der Waals surface area contributed by atoms with Crippen LogP contribution in [0.3, 0.4) is 0 Å². The van der Waals surface area contributed by atoms with Crippen molar-refractivity contribution in [2.45, 2.75) is 32.9 Å². The van der Waals surface area contributed by atoms with E-state index in [1.165, 1.54) is 5.56 Å². The summed E-state index contributed by atoms with van der Waals surface area (Å²) in [6.07, 6.45) is 1.12. The summed E-state index contributed by atoms with van der Waals surface area (Å²) in [5, 5.41) is 6.14. The number of methoxy groups -OCH3 is 1. The first kappa shape index (κ1) is 17.5. The molecule has 0 heterocycles. The second kappa shape index (κ2) is 10.2. The molecule has 118 valence electrons. The van der Waals surface area contributed by atoms with Crippen LogP contribution in [0.2, 0.25) is 0 Å². The number of hydrogen-bond donors (Lipinski definition) is 2. The van der Waals surface area contributed by atoms with Crippen molar-refractivity contribution in [3.63, 3.8) is 0 Å². The molecule has 2 N–H and O–H groups in total. The third-order valence-corrected chi connectivity index (χ3v) is 2.87. The topological polar surface area (TPSA) is 59.6 Å². The van der Waals surface area contributed by atoms with Gasteiger partial charge >= 0.3 is 0 Å². The average Bonchev–Trinajstić information content (AvgIpc) is 2.47. The first-order chi connectivity index (χ1) is 10.2. The van der Waals surface area contributed by atoms with Crippen LogP contribution < -0.4 is 15.4 Å². The minimum absolute atomic E-state index is 0.0154. The van der Waals surface area contributed by atoms with Crippen molar-refractivity contribution in [2.24, 2.45) is 0 Å². The summed E-state index contributed by atoms with van der Waals surface area (Å²) in [4.78, 5) is 11.6. The van der Waals surface area contributed by atoms with Crippen LogP contribution in [0.5, 0.6) is 5.75 Å². The molecular weight excluding hydrogens is 268 g/mol. The summed E-state index contributed by atoms with van der Waals surface area (Å²) in [5.74, 6) is 0.553. The maximum absolute atomic E-state index is 11.6. The molecule has 5 nitrogen and oxygen atoms in total. The van der Waals surface area contributed by atoms with E-state index in [-0.39, 0.29) is 18.6 Å². The molecule has 0 saturated heterocycles. The van der Waals surface area contributed by atoms with Crippen LogP contribution in [0.25, 0.3) is 0 Å². The normalized spacial score (nSPS) is 12.0. The summed E-state index contributed by atoms with van der Waals surface area (Å²) >= 11 is 0. The van der Waals surface area contributed by atoms with Crippen LogP contribution in [-0.2, 0) is 16.1 Å². The summed E-state index contributed by atoms with van der Waals surface area (Å²) in [6, 6.07) is 7.76. The Hall–Kier alpha value is -1.59. The first-order valence-corrected chi connectivity index (χ1v) is 7.36. The summed E-state index contributed by atoms with van der Waals surface area (Å²) in [7, 11) is 1.61. The zero-order chi connectivity index (χ0) is 15.5. The van der Waals surface area contributed by atoms with E-state index in [4.69, 9.17) is 9.47 Å². The lowest BCUT2D eigenvalue weighted by Gasteiger charge is -2.13. The van der Waals surface area contributed by atoms with Crippen molar-refractivity contribution < 1.29 is 14.3 Å². The minimum atomic E-state index is -0.145. The molecule has 0 radical (unpaired) electrons. The van der Waals surface area contributed by atoms with Gasteiger partial charge in [-0.25, -0.2) is 0 Å². The van der Waals surface area contributed by atoms with Gasteiger partial charge in [0, 0.05) is 19.7 Å².